The van der Waals surface area contributed by atoms with Crippen molar-refractivity contribution in [3.63, 3.8) is 0 Å². The van der Waals surface area contributed by atoms with Gasteiger partial charge in [-0.25, -0.2) is 0 Å². The van der Waals surface area contributed by atoms with Crippen LogP contribution >= 0.6 is 11.6 Å². The third kappa shape index (κ3) is 2.38. The normalized spacial score (nSPS) is 10.9. The number of ether oxygens (including phenoxy) is 1. The third-order valence-electron chi connectivity index (χ3n) is 3.29. The Morgan fingerprint density at radius 2 is 2.10 bits per heavy atom. The van der Waals surface area contributed by atoms with Crippen LogP contribution < -0.4 is 4.74 Å². The van der Waals surface area contributed by atoms with E-state index in [1.807, 2.05) is 14.0 Å². The number of methoxy groups -OCH3 is 1. The Labute approximate surface area is 126 Å². The molecule has 0 aliphatic heterocycles. The Hall–Kier alpha value is -2.34. The van der Waals surface area contributed by atoms with Gasteiger partial charge >= 0.3 is 0 Å². The van der Waals surface area contributed by atoms with E-state index in [1.165, 1.54) is 0 Å². The lowest BCUT2D eigenvalue weighted by Gasteiger charge is -2.04. The largest absolute Gasteiger partial charge is 0.496 e. The van der Waals surface area contributed by atoms with Crippen LogP contribution in [0.25, 0.3) is 22.8 Å². The predicted octanol–water partition coefficient (Wildman–Crippen LogP) is 3.11. The number of aromatic nitrogens is 4. The van der Waals surface area contributed by atoms with E-state index in [0.29, 0.717) is 28.1 Å². The van der Waals surface area contributed by atoms with Crippen molar-refractivity contribution < 1.29 is 9.26 Å². The van der Waals surface area contributed by atoms with Gasteiger partial charge in [-0.15, -0.1) is 0 Å². The summed E-state index contributed by atoms with van der Waals surface area (Å²) in [4.78, 5) is 4.40. The van der Waals surface area contributed by atoms with Crippen molar-refractivity contribution in [3.05, 3.63) is 35.1 Å². The molecule has 0 atom stereocenters. The number of rotatable bonds is 3. The summed E-state index contributed by atoms with van der Waals surface area (Å²) in [5.74, 6) is 1.47. The van der Waals surface area contributed by atoms with Crippen LogP contribution in [0, 0.1) is 6.92 Å². The molecule has 108 valence electrons. The number of aryl methyl sites for hydroxylation is 1. The average molecular weight is 305 g/mol. The average Bonchev–Trinajstić information content (AvgIpc) is 3.07. The smallest absolute Gasteiger partial charge is 0.261 e. The van der Waals surface area contributed by atoms with Crippen LogP contribution in [-0.4, -0.2) is 27.0 Å². The molecule has 0 aliphatic rings. The quantitative estimate of drug-likeness (QED) is 0.744. The Kier molecular flexibility index (Phi) is 3.39. The first-order chi connectivity index (χ1) is 10.1. The zero-order valence-corrected chi connectivity index (χ0v) is 12.5. The molecule has 0 amide bonds. The zero-order valence-electron chi connectivity index (χ0n) is 11.8. The van der Waals surface area contributed by atoms with Crippen molar-refractivity contribution in [1.82, 2.24) is 19.9 Å². The summed E-state index contributed by atoms with van der Waals surface area (Å²) < 4.78 is 12.4. The van der Waals surface area contributed by atoms with Gasteiger partial charge in [0.25, 0.3) is 5.89 Å². The molecular formula is C14H13ClN4O2. The van der Waals surface area contributed by atoms with Gasteiger partial charge in [0.05, 0.1) is 24.4 Å². The van der Waals surface area contributed by atoms with E-state index in [4.69, 9.17) is 20.9 Å². The fraction of sp³-hybridized carbons (Fsp3) is 0.214. The van der Waals surface area contributed by atoms with Crippen molar-refractivity contribution in [3.8, 4) is 28.6 Å². The molecule has 0 saturated heterocycles. The second kappa shape index (κ2) is 5.21. The summed E-state index contributed by atoms with van der Waals surface area (Å²) in [6, 6.07) is 5.25. The molecule has 0 N–H and O–H groups in total. The van der Waals surface area contributed by atoms with Crippen LogP contribution in [0.1, 0.15) is 5.69 Å². The SMILES string of the molecule is COc1ccc(Cl)cc1-c1noc(-c2cnn(C)c2C)n1. The van der Waals surface area contributed by atoms with Crippen molar-refractivity contribution >= 4 is 11.6 Å². The summed E-state index contributed by atoms with van der Waals surface area (Å²) >= 11 is 6.02. The van der Waals surface area contributed by atoms with Gasteiger partial charge in [-0.1, -0.05) is 16.8 Å². The molecule has 6 nitrogen and oxygen atoms in total. The van der Waals surface area contributed by atoms with Crippen LogP contribution in [0.15, 0.2) is 28.9 Å². The highest BCUT2D eigenvalue weighted by Crippen LogP contribution is 2.32. The van der Waals surface area contributed by atoms with E-state index in [1.54, 1.807) is 36.2 Å². The number of halogens is 1. The van der Waals surface area contributed by atoms with Crippen LogP contribution in [0.5, 0.6) is 5.75 Å². The summed E-state index contributed by atoms with van der Waals surface area (Å²) in [6.45, 7) is 1.94. The van der Waals surface area contributed by atoms with E-state index < -0.39 is 0 Å². The number of hydrogen-bond acceptors (Lipinski definition) is 5. The zero-order chi connectivity index (χ0) is 15.0. The van der Waals surface area contributed by atoms with Crippen molar-refractivity contribution in [1.29, 1.82) is 0 Å². The van der Waals surface area contributed by atoms with Crippen molar-refractivity contribution in [2.45, 2.75) is 6.92 Å². The van der Waals surface area contributed by atoms with Gasteiger partial charge in [-0.3, -0.25) is 4.68 Å². The van der Waals surface area contributed by atoms with Gasteiger partial charge in [0.15, 0.2) is 0 Å². The third-order valence-corrected chi connectivity index (χ3v) is 3.53. The lowest BCUT2D eigenvalue weighted by atomic mass is 10.2. The molecule has 0 saturated carbocycles. The van der Waals surface area contributed by atoms with E-state index in [0.717, 1.165) is 11.3 Å². The maximum Gasteiger partial charge on any atom is 0.261 e. The Bertz CT molecular complexity index is 794. The molecular weight excluding hydrogens is 292 g/mol. The fourth-order valence-electron chi connectivity index (χ4n) is 2.01. The first-order valence-electron chi connectivity index (χ1n) is 6.26. The van der Waals surface area contributed by atoms with Crippen LogP contribution in [0.4, 0.5) is 0 Å². The number of benzene rings is 1. The van der Waals surface area contributed by atoms with Crippen LogP contribution in [-0.2, 0) is 7.05 Å². The molecule has 7 heteroatoms. The highest BCUT2D eigenvalue weighted by atomic mass is 35.5. The van der Waals surface area contributed by atoms with Gasteiger partial charge in [0, 0.05) is 17.8 Å². The van der Waals surface area contributed by atoms with E-state index >= 15 is 0 Å². The van der Waals surface area contributed by atoms with E-state index in [9.17, 15) is 0 Å². The monoisotopic (exact) mass is 304 g/mol. The predicted molar refractivity (Wildman–Crippen MR) is 78.2 cm³/mol. The summed E-state index contributed by atoms with van der Waals surface area (Å²) in [6.07, 6.45) is 1.70. The standard InChI is InChI=1S/C14H13ClN4O2/c1-8-11(7-16-19(8)2)14-17-13(18-21-14)10-6-9(15)4-5-12(10)20-3/h4-7H,1-3H3. The maximum absolute atomic E-state index is 6.02. The number of nitrogens with zero attached hydrogens (tertiary/aromatic N) is 4. The van der Waals surface area contributed by atoms with Gasteiger partial charge in [-0.05, 0) is 25.1 Å². The second-order valence-corrected chi connectivity index (χ2v) is 4.97. The fourth-order valence-corrected chi connectivity index (χ4v) is 2.18. The van der Waals surface area contributed by atoms with Gasteiger partial charge in [-0.2, -0.15) is 10.1 Å². The second-order valence-electron chi connectivity index (χ2n) is 4.54. The lowest BCUT2D eigenvalue weighted by molar-refractivity contribution is 0.413. The van der Waals surface area contributed by atoms with Crippen LogP contribution in [0.2, 0.25) is 5.02 Å². The lowest BCUT2D eigenvalue weighted by Crippen LogP contribution is -1.92. The summed E-state index contributed by atoms with van der Waals surface area (Å²) in [7, 11) is 3.44. The molecule has 0 unspecified atom stereocenters. The minimum atomic E-state index is 0.414. The van der Waals surface area contributed by atoms with E-state index in [-0.39, 0.29) is 0 Å². The van der Waals surface area contributed by atoms with Gasteiger partial charge in [0.2, 0.25) is 5.82 Å². The summed E-state index contributed by atoms with van der Waals surface area (Å²) in [5, 5.41) is 8.75. The van der Waals surface area contributed by atoms with E-state index in [2.05, 4.69) is 15.2 Å². The van der Waals surface area contributed by atoms with Crippen molar-refractivity contribution in [2.75, 3.05) is 7.11 Å². The molecule has 3 aromatic rings. The molecule has 0 radical (unpaired) electrons. The molecule has 2 aromatic heterocycles. The Morgan fingerprint density at radius 1 is 1.29 bits per heavy atom. The van der Waals surface area contributed by atoms with Crippen LogP contribution in [0.3, 0.4) is 0 Å². The molecule has 0 fully saturated rings. The molecule has 2 heterocycles. The summed E-state index contributed by atoms with van der Waals surface area (Å²) in [5.41, 5.74) is 2.43. The first-order valence-corrected chi connectivity index (χ1v) is 6.64. The Morgan fingerprint density at radius 3 is 2.76 bits per heavy atom. The van der Waals surface area contributed by atoms with Gasteiger partial charge in [0.1, 0.15) is 5.75 Å². The maximum atomic E-state index is 6.02. The topological polar surface area (TPSA) is 66.0 Å². The minimum absolute atomic E-state index is 0.414. The van der Waals surface area contributed by atoms with Crippen molar-refractivity contribution in [2.24, 2.45) is 7.05 Å². The van der Waals surface area contributed by atoms with Gasteiger partial charge < -0.3 is 9.26 Å². The molecule has 3 rings (SSSR count). The Balaban J connectivity index is 2.06. The highest BCUT2D eigenvalue weighted by Gasteiger charge is 2.17. The molecule has 0 bridgehead atoms. The molecule has 1 aromatic carbocycles. The first kappa shape index (κ1) is 13.6. The molecule has 0 aliphatic carbocycles. The molecule has 21 heavy (non-hydrogen) atoms. The minimum Gasteiger partial charge on any atom is -0.496 e. The molecule has 0 spiro atoms. The number of hydrogen-bond donors (Lipinski definition) is 0. The highest BCUT2D eigenvalue weighted by molar-refractivity contribution is 6.30.